The molecule has 0 heterocycles. The molecular weight excluding hydrogens is 216 g/mol. The molecule has 0 saturated carbocycles. The van der Waals surface area contributed by atoms with Crippen LogP contribution in [-0.2, 0) is 9.84 Å². The van der Waals surface area contributed by atoms with E-state index in [0.717, 1.165) is 5.56 Å². The average Bonchev–Trinajstić information content (AvgIpc) is 2.14. The zero-order valence-electron chi connectivity index (χ0n) is 8.10. The number of hydrogen-bond acceptors (Lipinski definition) is 3. The molecule has 1 rings (SSSR count). The number of benzene rings is 1. The summed E-state index contributed by atoms with van der Waals surface area (Å²) in [5, 5.41) is 0. The highest BCUT2D eigenvalue weighted by atomic mass is 32.3. The van der Waals surface area contributed by atoms with Gasteiger partial charge in [-0.3, -0.25) is 0 Å². The lowest BCUT2D eigenvalue weighted by Gasteiger charge is -2.00. The van der Waals surface area contributed by atoms with Crippen LogP contribution < -0.4 is 0 Å². The van der Waals surface area contributed by atoms with Crippen molar-refractivity contribution in [2.75, 3.05) is 12.5 Å². The molecule has 14 heavy (non-hydrogen) atoms. The van der Waals surface area contributed by atoms with Crippen molar-refractivity contribution in [1.29, 1.82) is 0 Å². The number of thioether (sulfide) groups is 1. The van der Waals surface area contributed by atoms with E-state index in [1.807, 2.05) is 30.3 Å². The minimum absolute atomic E-state index is 0.392. The van der Waals surface area contributed by atoms with Gasteiger partial charge in [-0.1, -0.05) is 30.3 Å². The Balaban J connectivity index is 3.09. The topological polar surface area (TPSA) is 34.1 Å². The molecule has 1 aromatic rings. The first kappa shape index (κ1) is 11.3. The van der Waals surface area contributed by atoms with E-state index in [1.54, 1.807) is 12.3 Å². The molecule has 0 aliphatic heterocycles. The predicted molar refractivity (Wildman–Crippen MR) is 62.8 cm³/mol. The monoisotopic (exact) mass is 228 g/mol. The van der Waals surface area contributed by atoms with Crippen LogP contribution in [0.15, 0.2) is 34.6 Å². The molecule has 0 atom stereocenters. The Hall–Kier alpha value is -0.740. The molecular formula is C10H12O2S2. The maximum Gasteiger partial charge on any atom is 0.181 e. The molecule has 0 aliphatic rings. The van der Waals surface area contributed by atoms with Crippen molar-refractivity contribution in [2.45, 2.75) is 0 Å². The first-order chi connectivity index (χ1) is 6.54. The maximum atomic E-state index is 11.3. The molecule has 0 aliphatic carbocycles. The third-order valence-electron chi connectivity index (χ3n) is 1.65. The second-order valence-corrected chi connectivity index (χ2v) is 5.94. The standard InChI is InChI=1S/C10H12O2S2/c1-13-10(14(2,11)12)8-9-6-4-3-5-7-9/h3-8H,1-2H3/b10-8+. The first-order valence-electron chi connectivity index (χ1n) is 4.05. The Kier molecular flexibility index (Phi) is 3.77. The zero-order chi connectivity index (χ0) is 10.6. The molecule has 0 amide bonds. The second kappa shape index (κ2) is 4.66. The molecule has 0 spiro atoms. The molecule has 0 bridgehead atoms. The van der Waals surface area contributed by atoms with E-state index < -0.39 is 9.84 Å². The number of hydrogen-bond donors (Lipinski definition) is 0. The molecule has 4 heteroatoms. The largest absolute Gasteiger partial charge is 0.223 e. The summed E-state index contributed by atoms with van der Waals surface area (Å²) in [5.41, 5.74) is 0.905. The van der Waals surface area contributed by atoms with Crippen LogP contribution in [0.3, 0.4) is 0 Å². The highest BCUT2D eigenvalue weighted by Crippen LogP contribution is 2.21. The van der Waals surface area contributed by atoms with Crippen LogP contribution in [0.5, 0.6) is 0 Å². The van der Waals surface area contributed by atoms with E-state index in [-0.39, 0.29) is 0 Å². The third kappa shape index (κ3) is 3.20. The lowest BCUT2D eigenvalue weighted by molar-refractivity contribution is 0.609. The number of sulfone groups is 1. The minimum atomic E-state index is -3.09. The van der Waals surface area contributed by atoms with Crippen LogP contribution in [0.1, 0.15) is 5.56 Å². The van der Waals surface area contributed by atoms with E-state index >= 15 is 0 Å². The zero-order valence-corrected chi connectivity index (χ0v) is 9.73. The van der Waals surface area contributed by atoms with Gasteiger partial charge in [0.1, 0.15) is 0 Å². The highest BCUT2D eigenvalue weighted by Gasteiger charge is 2.09. The summed E-state index contributed by atoms with van der Waals surface area (Å²) in [5.74, 6) is 0. The molecule has 0 N–H and O–H groups in total. The highest BCUT2D eigenvalue weighted by molar-refractivity contribution is 8.18. The quantitative estimate of drug-likeness (QED) is 0.796. The minimum Gasteiger partial charge on any atom is -0.223 e. The Morgan fingerprint density at radius 1 is 1.29 bits per heavy atom. The maximum absolute atomic E-state index is 11.3. The van der Waals surface area contributed by atoms with Crippen LogP contribution in [-0.4, -0.2) is 20.9 Å². The van der Waals surface area contributed by atoms with Gasteiger partial charge in [0.15, 0.2) is 9.84 Å². The smallest absolute Gasteiger partial charge is 0.181 e. The average molecular weight is 228 g/mol. The molecule has 2 nitrogen and oxygen atoms in total. The van der Waals surface area contributed by atoms with Gasteiger partial charge in [-0.05, 0) is 17.9 Å². The summed E-state index contributed by atoms with van der Waals surface area (Å²) in [6, 6.07) is 9.41. The van der Waals surface area contributed by atoms with Crippen LogP contribution in [0.25, 0.3) is 6.08 Å². The van der Waals surface area contributed by atoms with Gasteiger partial charge in [-0.25, -0.2) is 8.42 Å². The molecule has 0 aromatic heterocycles. The fraction of sp³-hybridized carbons (Fsp3) is 0.200. The Bertz CT molecular complexity index is 419. The fourth-order valence-corrected chi connectivity index (χ4v) is 2.82. The van der Waals surface area contributed by atoms with Crippen LogP contribution in [0.4, 0.5) is 0 Å². The second-order valence-electron chi connectivity index (χ2n) is 2.85. The van der Waals surface area contributed by atoms with Crippen molar-refractivity contribution >= 4 is 27.7 Å². The molecule has 0 radical (unpaired) electrons. The van der Waals surface area contributed by atoms with Crippen molar-refractivity contribution < 1.29 is 8.42 Å². The van der Waals surface area contributed by atoms with Crippen LogP contribution >= 0.6 is 11.8 Å². The summed E-state index contributed by atoms with van der Waals surface area (Å²) < 4.78 is 22.9. The van der Waals surface area contributed by atoms with Crippen LogP contribution in [0.2, 0.25) is 0 Å². The van der Waals surface area contributed by atoms with E-state index in [9.17, 15) is 8.42 Å². The van der Waals surface area contributed by atoms with Crippen molar-refractivity contribution in [2.24, 2.45) is 0 Å². The molecule has 1 aromatic carbocycles. The van der Waals surface area contributed by atoms with Gasteiger partial charge in [-0.15, -0.1) is 11.8 Å². The normalized spacial score (nSPS) is 12.9. The summed E-state index contributed by atoms with van der Waals surface area (Å²) >= 11 is 1.24. The lowest BCUT2D eigenvalue weighted by Crippen LogP contribution is -1.96. The summed E-state index contributed by atoms with van der Waals surface area (Å²) in [6.07, 6.45) is 4.66. The number of rotatable bonds is 3. The molecule has 0 unspecified atom stereocenters. The van der Waals surface area contributed by atoms with Gasteiger partial charge >= 0.3 is 0 Å². The molecule has 76 valence electrons. The van der Waals surface area contributed by atoms with E-state index in [2.05, 4.69) is 0 Å². The molecule has 0 saturated heterocycles. The van der Waals surface area contributed by atoms with Gasteiger partial charge in [-0.2, -0.15) is 0 Å². The van der Waals surface area contributed by atoms with Gasteiger partial charge in [0, 0.05) is 6.26 Å². The van der Waals surface area contributed by atoms with E-state index in [4.69, 9.17) is 0 Å². The van der Waals surface area contributed by atoms with Crippen molar-refractivity contribution in [3.05, 3.63) is 40.1 Å². The lowest BCUT2D eigenvalue weighted by atomic mass is 10.2. The van der Waals surface area contributed by atoms with E-state index in [0.29, 0.717) is 4.24 Å². The summed E-state index contributed by atoms with van der Waals surface area (Å²) in [6.45, 7) is 0. The van der Waals surface area contributed by atoms with Crippen molar-refractivity contribution in [3.63, 3.8) is 0 Å². The van der Waals surface area contributed by atoms with Gasteiger partial charge in [0.25, 0.3) is 0 Å². The van der Waals surface area contributed by atoms with Gasteiger partial charge in [0.05, 0.1) is 4.24 Å². The summed E-state index contributed by atoms with van der Waals surface area (Å²) in [4.78, 5) is 0. The predicted octanol–water partition coefficient (Wildman–Crippen LogP) is 2.39. The fourth-order valence-electron chi connectivity index (χ4n) is 1.00. The SMILES string of the molecule is CS/C(=C\c1ccccc1)S(C)(=O)=O. The Morgan fingerprint density at radius 3 is 2.29 bits per heavy atom. The Morgan fingerprint density at radius 2 is 1.86 bits per heavy atom. The van der Waals surface area contributed by atoms with Crippen molar-refractivity contribution in [3.8, 4) is 0 Å². The van der Waals surface area contributed by atoms with Crippen molar-refractivity contribution in [1.82, 2.24) is 0 Å². The first-order valence-corrected chi connectivity index (χ1v) is 7.16. The van der Waals surface area contributed by atoms with Crippen LogP contribution in [0, 0.1) is 0 Å². The van der Waals surface area contributed by atoms with E-state index in [1.165, 1.54) is 18.0 Å². The third-order valence-corrected chi connectivity index (χ3v) is 4.43. The van der Waals surface area contributed by atoms with Gasteiger partial charge < -0.3 is 0 Å². The summed E-state index contributed by atoms with van der Waals surface area (Å²) in [7, 11) is -3.09. The van der Waals surface area contributed by atoms with Gasteiger partial charge in [0.2, 0.25) is 0 Å². The molecule has 0 fully saturated rings. The Labute approximate surface area is 89.0 Å².